The standard InChI is InChI=1S/C17H12Br2N6O4/c1-7(2)9-5-13(22-23-15(9)26)29-14-10(18)3-8(4-11(14)19)25-17(28)21-16(27)12(6-20)24-25/h3-5,7H,1-2H3,(H,23,26)(H,21,27,28)/i1D3. The fourth-order valence-corrected chi connectivity index (χ4v) is 3.62. The number of nitrogens with zero attached hydrogens (tertiary/aromatic N) is 4. The summed E-state index contributed by atoms with van der Waals surface area (Å²) in [6, 6.07) is 5.70. The summed E-state index contributed by atoms with van der Waals surface area (Å²) in [5, 5.41) is 18.7. The molecular weight excluding hydrogens is 512 g/mol. The maximum absolute atomic E-state index is 12.1. The van der Waals surface area contributed by atoms with Crippen molar-refractivity contribution in [3.8, 4) is 23.4 Å². The largest absolute Gasteiger partial charge is 0.435 e. The van der Waals surface area contributed by atoms with Crippen molar-refractivity contribution >= 4 is 31.9 Å². The summed E-state index contributed by atoms with van der Waals surface area (Å²) in [6.45, 7) is -1.000. The van der Waals surface area contributed by atoms with Gasteiger partial charge in [0.25, 0.3) is 11.1 Å². The lowest BCUT2D eigenvalue weighted by atomic mass is 10.1. The summed E-state index contributed by atoms with van der Waals surface area (Å²) < 4.78 is 29.7. The van der Waals surface area contributed by atoms with Gasteiger partial charge < -0.3 is 4.74 Å². The Bertz CT molecular complexity index is 1400. The zero-order valence-corrected chi connectivity index (χ0v) is 17.7. The van der Waals surface area contributed by atoms with Crippen molar-refractivity contribution in [3.63, 3.8) is 0 Å². The Hall–Kier alpha value is -3.04. The molecule has 10 nitrogen and oxygen atoms in total. The average Bonchev–Trinajstić information content (AvgIpc) is 2.70. The monoisotopic (exact) mass is 525 g/mol. The Morgan fingerprint density at radius 1 is 1.24 bits per heavy atom. The predicted molar refractivity (Wildman–Crippen MR) is 110 cm³/mol. The molecule has 1 atom stereocenters. The third-order valence-electron chi connectivity index (χ3n) is 3.64. The van der Waals surface area contributed by atoms with E-state index in [1.807, 2.05) is 4.98 Å². The number of rotatable bonds is 4. The Morgan fingerprint density at radius 3 is 2.55 bits per heavy atom. The molecule has 2 N–H and O–H groups in total. The van der Waals surface area contributed by atoms with E-state index in [1.54, 1.807) is 6.07 Å². The minimum Gasteiger partial charge on any atom is -0.435 e. The van der Waals surface area contributed by atoms with E-state index in [0.717, 1.165) is 4.68 Å². The second kappa shape index (κ2) is 8.14. The van der Waals surface area contributed by atoms with Crippen molar-refractivity contribution in [2.75, 3.05) is 0 Å². The maximum Gasteiger partial charge on any atom is 0.349 e. The van der Waals surface area contributed by atoms with Crippen LogP contribution in [0.5, 0.6) is 11.6 Å². The molecular formula is C17H12Br2N6O4. The Morgan fingerprint density at radius 2 is 1.93 bits per heavy atom. The van der Waals surface area contributed by atoms with E-state index < -0.39 is 35.3 Å². The molecule has 1 unspecified atom stereocenters. The van der Waals surface area contributed by atoms with Crippen LogP contribution in [0.3, 0.4) is 0 Å². The van der Waals surface area contributed by atoms with E-state index in [9.17, 15) is 14.4 Å². The molecule has 0 amide bonds. The SMILES string of the molecule is [2H]C([2H])([2H])C(C)c1cc(Oc2c(Br)cc(-n3nc(C#N)c(=O)[nH]c3=O)cc2Br)n[nH]c1=O. The van der Waals surface area contributed by atoms with Crippen molar-refractivity contribution in [1.82, 2.24) is 25.0 Å². The Labute approximate surface area is 183 Å². The number of benzene rings is 1. The Kier molecular flexibility index (Phi) is 4.74. The lowest BCUT2D eigenvalue weighted by molar-refractivity contribution is 0.446. The number of halogens is 2. The number of aromatic amines is 2. The van der Waals surface area contributed by atoms with Gasteiger partial charge in [0.2, 0.25) is 11.6 Å². The highest BCUT2D eigenvalue weighted by molar-refractivity contribution is 9.11. The van der Waals surface area contributed by atoms with E-state index in [4.69, 9.17) is 14.1 Å². The van der Waals surface area contributed by atoms with Gasteiger partial charge in [0, 0.05) is 15.7 Å². The van der Waals surface area contributed by atoms with Crippen LogP contribution < -0.4 is 21.5 Å². The number of hydrogen-bond donors (Lipinski definition) is 2. The van der Waals surface area contributed by atoms with Crippen LogP contribution in [0, 0.1) is 11.3 Å². The fraction of sp³-hybridized carbons (Fsp3) is 0.176. The third-order valence-corrected chi connectivity index (χ3v) is 4.82. The molecule has 0 radical (unpaired) electrons. The van der Waals surface area contributed by atoms with Gasteiger partial charge in [0.15, 0.2) is 5.75 Å². The van der Waals surface area contributed by atoms with E-state index in [-0.39, 0.29) is 22.9 Å². The average molecular weight is 527 g/mol. The van der Waals surface area contributed by atoms with E-state index >= 15 is 0 Å². The van der Waals surface area contributed by atoms with E-state index in [2.05, 4.69) is 47.2 Å². The van der Waals surface area contributed by atoms with Gasteiger partial charge >= 0.3 is 5.69 Å². The third kappa shape index (κ3) is 4.20. The van der Waals surface area contributed by atoms with Gasteiger partial charge in [-0.05, 0) is 49.9 Å². The normalized spacial score (nSPS) is 13.7. The summed E-state index contributed by atoms with van der Waals surface area (Å²) in [4.78, 5) is 37.7. The molecule has 2 heterocycles. The Balaban J connectivity index is 2.03. The van der Waals surface area contributed by atoms with Gasteiger partial charge in [0.1, 0.15) is 6.07 Å². The van der Waals surface area contributed by atoms with Crippen molar-refractivity contribution in [3.05, 3.63) is 69.6 Å². The first-order valence-electron chi connectivity index (χ1n) is 9.33. The first kappa shape index (κ1) is 16.9. The quantitative estimate of drug-likeness (QED) is 0.530. The molecule has 0 fully saturated rings. The fourth-order valence-electron chi connectivity index (χ4n) is 2.29. The summed E-state index contributed by atoms with van der Waals surface area (Å²) in [5.74, 6) is -0.937. The molecule has 3 rings (SSSR count). The van der Waals surface area contributed by atoms with Gasteiger partial charge in [-0.2, -0.15) is 9.94 Å². The smallest absolute Gasteiger partial charge is 0.349 e. The highest BCUT2D eigenvalue weighted by atomic mass is 79.9. The topological polar surface area (TPSA) is 147 Å². The first-order valence-corrected chi connectivity index (χ1v) is 9.41. The van der Waals surface area contributed by atoms with Gasteiger partial charge in [0.05, 0.1) is 14.6 Å². The van der Waals surface area contributed by atoms with Crippen molar-refractivity contribution in [2.45, 2.75) is 19.7 Å². The number of nitrogens with one attached hydrogen (secondary N) is 2. The molecule has 0 aliphatic carbocycles. The van der Waals surface area contributed by atoms with Crippen molar-refractivity contribution in [2.24, 2.45) is 0 Å². The van der Waals surface area contributed by atoms with E-state index in [1.165, 1.54) is 25.1 Å². The molecule has 0 aliphatic heterocycles. The summed E-state index contributed by atoms with van der Waals surface area (Å²) in [5.41, 5.74) is -2.73. The highest BCUT2D eigenvalue weighted by Gasteiger charge is 2.16. The molecule has 0 aliphatic rings. The molecule has 0 spiro atoms. The van der Waals surface area contributed by atoms with Gasteiger partial charge in [-0.1, -0.05) is 13.8 Å². The van der Waals surface area contributed by atoms with E-state index in [0.29, 0.717) is 8.95 Å². The summed E-state index contributed by atoms with van der Waals surface area (Å²) in [7, 11) is 0. The van der Waals surface area contributed by atoms with Crippen LogP contribution >= 0.6 is 31.9 Å². The minimum absolute atomic E-state index is 0.0214. The van der Waals surface area contributed by atoms with Crippen LogP contribution in [0.2, 0.25) is 0 Å². The number of hydrogen-bond acceptors (Lipinski definition) is 7. The first-order chi connectivity index (χ1) is 14.9. The van der Waals surface area contributed by atoms with Crippen molar-refractivity contribution < 1.29 is 8.85 Å². The maximum atomic E-state index is 12.1. The second-order valence-corrected chi connectivity index (χ2v) is 7.39. The van der Waals surface area contributed by atoms with Crippen LogP contribution in [0.15, 0.2) is 41.5 Å². The van der Waals surface area contributed by atoms with Crippen LogP contribution in [-0.2, 0) is 0 Å². The summed E-state index contributed by atoms with van der Waals surface area (Å²) in [6.07, 6.45) is 0. The molecule has 148 valence electrons. The predicted octanol–water partition coefficient (Wildman–Crippen LogP) is 2.32. The van der Waals surface area contributed by atoms with Crippen LogP contribution in [0.1, 0.15) is 35.1 Å². The molecule has 0 saturated carbocycles. The van der Waals surface area contributed by atoms with Crippen molar-refractivity contribution in [1.29, 1.82) is 5.26 Å². The van der Waals surface area contributed by atoms with Gasteiger partial charge in [-0.3, -0.25) is 14.6 Å². The molecule has 1 aromatic carbocycles. The molecule has 12 heteroatoms. The molecule has 3 aromatic rings. The number of nitriles is 1. The summed E-state index contributed by atoms with van der Waals surface area (Å²) >= 11 is 6.59. The number of ether oxygens (including phenoxy) is 1. The van der Waals surface area contributed by atoms with Crippen LogP contribution in [-0.4, -0.2) is 25.0 Å². The van der Waals surface area contributed by atoms with Gasteiger partial charge in [-0.25, -0.2) is 9.89 Å². The van der Waals surface area contributed by atoms with Gasteiger partial charge in [-0.15, -0.1) is 10.2 Å². The second-order valence-electron chi connectivity index (χ2n) is 5.68. The van der Waals surface area contributed by atoms with Crippen LogP contribution in [0.4, 0.5) is 0 Å². The minimum atomic E-state index is -2.40. The highest BCUT2D eigenvalue weighted by Crippen LogP contribution is 2.38. The van der Waals surface area contributed by atoms with Crippen LogP contribution in [0.25, 0.3) is 5.69 Å². The lowest BCUT2D eigenvalue weighted by Gasteiger charge is -2.12. The molecule has 0 bridgehead atoms. The number of H-pyrrole nitrogens is 2. The molecule has 29 heavy (non-hydrogen) atoms. The number of aromatic nitrogens is 5. The molecule has 2 aromatic heterocycles. The lowest BCUT2D eigenvalue weighted by Crippen LogP contribution is -2.33. The zero-order valence-electron chi connectivity index (χ0n) is 17.5. The molecule has 0 saturated heterocycles. The zero-order chi connectivity index (χ0) is 23.8.